The fourth-order valence-electron chi connectivity index (χ4n) is 3.78. The molecular formula is C13H17N5O. The molecule has 2 aromatic rings. The average Bonchev–Trinajstić information content (AvgIpc) is 3.05. The Morgan fingerprint density at radius 2 is 2.32 bits per heavy atom. The van der Waals surface area contributed by atoms with Crippen molar-refractivity contribution in [3.8, 4) is 0 Å². The van der Waals surface area contributed by atoms with Gasteiger partial charge in [0.1, 0.15) is 11.6 Å². The van der Waals surface area contributed by atoms with Crippen LogP contribution in [0.5, 0.6) is 0 Å². The Morgan fingerprint density at radius 3 is 3.05 bits per heavy atom. The van der Waals surface area contributed by atoms with Crippen LogP contribution in [0, 0.1) is 18.8 Å². The van der Waals surface area contributed by atoms with Gasteiger partial charge in [0.15, 0.2) is 5.65 Å². The Bertz CT molecular complexity index is 688. The zero-order valence-electron chi connectivity index (χ0n) is 10.9. The molecule has 2 heterocycles. The standard InChI is InChI=1S/C13H17N5O/c1-7-14-11(6-12-16-17-13(19)18(7)12)15-10-5-8-2-3-9(10)4-8/h6,8-10,15H,2-5H2,1H3,(H,17,19). The molecule has 6 heteroatoms. The third-order valence-electron chi connectivity index (χ3n) is 4.64. The number of aromatic nitrogens is 4. The number of nitrogens with one attached hydrogen (secondary N) is 2. The van der Waals surface area contributed by atoms with Crippen molar-refractivity contribution in [3.63, 3.8) is 0 Å². The van der Waals surface area contributed by atoms with Gasteiger partial charge in [-0.05, 0) is 38.0 Å². The second-order valence-corrected chi connectivity index (χ2v) is 5.84. The zero-order chi connectivity index (χ0) is 13.0. The van der Waals surface area contributed by atoms with Crippen LogP contribution in [0.1, 0.15) is 31.5 Å². The van der Waals surface area contributed by atoms with Crippen molar-refractivity contribution < 1.29 is 0 Å². The Hall–Kier alpha value is -1.85. The van der Waals surface area contributed by atoms with Crippen LogP contribution in [0.4, 0.5) is 5.82 Å². The smallest absolute Gasteiger partial charge is 0.349 e. The van der Waals surface area contributed by atoms with Crippen LogP contribution < -0.4 is 11.0 Å². The highest BCUT2D eigenvalue weighted by molar-refractivity contribution is 5.50. The molecule has 4 rings (SSSR count). The van der Waals surface area contributed by atoms with Crippen LogP contribution >= 0.6 is 0 Å². The molecule has 100 valence electrons. The van der Waals surface area contributed by atoms with Gasteiger partial charge in [-0.2, -0.15) is 5.10 Å². The van der Waals surface area contributed by atoms with Gasteiger partial charge in [0.2, 0.25) is 0 Å². The summed E-state index contributed by atoms with van der Waals surface area (Å²) >= 11 is 0. The molecule has 0 radical (unpaired) electrons. The van der Waals surface area contributed by atoms with Gasteiger partial charge in [-0.15, -0.1) is 0 Å². The maximum Gasteiger partial charge on any atom is 0.349 e. The van der Waals surface area contributed by atoms with E-state index in [1.807, 2.05) is 13.0 Å². The average molecular weight is 259 g/mol. The largest absolute Gasteiger partial charge is 0.367 e. The van der Waals surface area contributed by atoms with E-state index in [1.54, 1.807) is 0 Å². The van der Waals surface area contributed by atoms with Crippen molar-refractivity contribution >= 4 is 11.5 Å². The van der Waals surface area contributed by atoms with E-state index >= 15 is 0 Å². The maximum atomic E-state index is 11.5. The van der Waals surface area contributed by atoms with Crippen LogP contribution in [0.2, 0.25) is 0 Å². The van der Waals surface area contributed by atoms with Crippen LogP contribution in [-0.4, -0.2) is 25.6 Å². The summed E-state index contributed by atoms with van der Waals surface area (Å²) in [5.74, 6) is 3.20. The lowest BCUT2D eigenvalue weighted by atomic mass is 9.95. The Labute approximate surface area is 110 Å². The van der Waals surface area contributed by atoms with E-state index in [0.29, 0.717) is 17.5 Å². The molecule has 19 heavy (non-hydrogen) atoms. The van der Waals surface area contributed by atoms with Gasteiger partial charge < -0.3 is 5.32 Å². The highest BCUT2D eigenvalue weighted by atomic mass is 16.1. The number of aryl methyl sites for hydroxylation is 1. The van der Waals surface area contributed by atoms with Crippen molar-refractivity contribution in [1.82, 2.24) is 19.6 Å². The lowest BCUT2D eigenvalue weighted by Crippen LogP contribution is -2.26. The molecule has 0 aromatic carbocycles. The second kappa shape index (κ2) is 3.82. The highest BCUT2D eigenvalue weighted by Crippen LogP contribution is 2.45. The number of hydrogen-bond acceptors (Lipinski definition) is 4. The Balaban J connectivity index is 1.66. The third-order valence-corrected chi connectivity index (χ3v) is 4.64. The molecule has 2 fully saturated rings. The SMILES string of the molecule is Cc1nc(NC2CC3CCC2C3)cc2n[nH]c(=O)n12. The topological polar surface area (TPSA) is 75.1 Å². The molecule has 2 aromatic heterocycles. The number of fused-ring (bicyclic) bond motifs is 3. The monoisotopic (exact) mass is 259 g/mol. The first kappa shape index (κ1) is 11.0. The summed E-state index contributed by atoms with van der Waals surface area (Å²) < 4.78 is 1.49. The first-order valence-electron chi connectivity index (χ1n) is 6.92. The summed E-state index contributed by atoms with van der Waals surface area (Å²) in [6.07, 6.45) is 5.35. The van der Waals surface area contributed by atoms with E-state index in [0.717, 1.165) is 17.7 Å². The molecule has 2 saturated carbocycles. The summed E-state index contributed by atoms with van der Waals surface area (Å²) in [5, 5.41) is 10.00. The predicted molar refractivity (Wildman–Crippen MR) is 71.2 cm³/mol. The lowest BCUT2D eigenvalue weighted by molar-refractivity contribution is 0.439. The van der Waals surface area contributed by atoms with Crippen molar-refractivity contribution in [2.24, 2.45) is 11.8 Å². The first-order chi connectivity index (χ1) is 9.20. The normalized spacial score (nSPS) is 29.2. The van der Waals surface area contributed by atoms with Crippen LogP contribution in [0.15, 0.2) is 10.9 Å². The third kappa shape index (κ3) is 1.66. The van der Waals surface area contributed by atoms with Gasteiger partial charge >= 0.3 is 5.69 Å². The van der Waals surface area contributed by atoms with Gasteiger partial charge in [0, 0.05) is 12.1 Å². The molecule has 0 saturated heterocycles. The van der Waals surface area contributed by atoms with Crippen LogP contribution in [0.3, 0.4) is 0 Å². The molecule has 0 spiro atoms. The van der Waals surface area contributed by atoms with Crippen molar-refractivity contribution in [3.05, 3.63) is 22.4 Å². The molecule has 6 nitrogen and oxygen atoms in total. The van der Waals surface area contributed by atoms with E-state index in [2.05, 4.69) is 20.5 Å². The summed E-state index contributed by atoms with van der Waals surface area (Å²) in [6.45, 7) is 1.83. The molecule has 0 aliphatic heterocycles. The molecule has 2 bridgehead atoms. The van der Waals surface area contributed by atoms with E-state index in [1.165, 1.54) is 30.1 Å². The van der Waals surface area contributed by atoms with Crippen molar-refractivity contribution in [1.29, 1.82) is 0 Å². The predicted octanol–water partition coefficient (Wildman–Crippen LogP) is 1.33. The Kier molecular flexibility index (Phi) is 2.22. The number of anilines is 1. The second-order valence-electron chi connectivity index (χ2n) is 5.84. The number of H-pyrrole nitrogens is 1. The maximum absolute atomic E-state index is 11.5. The van der Waals surface area contributed by atoms with Gasteiger partial charge in [-0.1, -0.05) is 6.42 Å². The van der Waals surface area contributed by atoms with Crippen LogP contribution in [0.25, 0.3) is 5.65 Å². The Morgan fingerprint density at radius 1 is 1.42 bits per heavy atom. The number of rotatable bonds is 2. The zero-order valence-corrected chi connectivity index (χ0v) is 10.9. The molecular weight excluding hydrogens is 242 g/mol. The molecule has 2 N–H and O–H groups in total. The van der Waals surface area contributed by atoms with E-state index < -0.39 is 0 Å². The molecule has 3 unspecified atom stereocenters. The van der Waals surface area contributed by atoms with E-state index in [-0.39, 0.29) is 5.69 Å². The van der Waals surface area contributed by atoms with Gasteiger partial charge in [-0.3, -0.25) is 0 Å². The lowest BCUT2D eigenvalue weighted by Gasteiger charge is -2.23. The minimum atomic E-state index is -0.230. The van der Waals surface area contributed by atoms with Gasteiger partial charge in [0.25, 0.3) is 0 Å². The quantitative estimate of drug-likeness (QED) is 0.853. The number of hydrogen-bond donors (Lipinski definition) is 2. The molecule has 0 amide bonds. The summed E-state index contributed by atoms with van der Waals surface area (Å²) in [4.78, 5) is 16.0. The highest BCUT2D eigenvalue weighted by Gasteiger charge is 2.39. The molecule has 2 aliphatic carbocycles. The summed E-state index contributed by atoms with van der Waals surface area (Å²) in [6, 6.07) is 2.38. The van der Waals surface area contributed by atoms with Crippen molar-refractivity contribution in [2.75, 3.05) is 5.32 Å². The summed E-state index contributed by atoms with van der Waals surface area (Å²) in [5.41, 5.74) is 0.398. The van der Waals surface area contributed by atoms with Crippen LogP contribution in [-0.2, 0) is 0 Å². The number of nitrogens with zero attached hydrogens (tertiary/aromatic N) is 3. The van der Waals surface area contributed by atoms with Crippen molar-refractivity contribution in [2.45, 2.75) is 38.6 Å². The molecule has 3 atom stereocenters. The minimum Gasteiger partial charge on any atom is -0.367 e. The molecule has 2 aliphatic rings. The fraction of sp³-hybridized carbons (Fsp3) is 0.615. The summed E-state index contributed by atoms with van der Waals surface area (Å²) in [7, 11) is 0. The number of aromatic amines is 1. The minimum absolute atomic E-state index is 0.230. The first-order valence-corrected chi connectivity index (χ1v) is 6.92. The van der Waals surface area contributed by atoms with Gasteiger partial charge in [-0.25, -0.2) is 19.3 Å². The van der Waals surface area contributed by atoms with E-state index in [4.69, 9.17) is 0 Å². The van der Waals surface area contributed by atoms with E-state index in [9.17, 15) is 4.79 Å². The van der Waals surface area contributed by atoms with Gasteiger partial charge in [0.05, 0.1) is 0 Å². The fourth-order valence-corrected chi connectivity index (χ4v) is 3.78.